The van der Waals surface area contributed by atoms with Gasteiger partial charge in [-0.15, -0.1) is 0 Å². The molecule has 3 rings (SSSR count). The molecule has 0 bridgehead atoms. The molecule has 1 aromatic carbocycles. The maximum Gasteiger partial charge on any atom is 0.0552 e. The summed E-state index contributed by atoms with van der Waals surface area (Å²) in [5, 5.41) is 9.55. The Labute approximate surface area is 121 Å². The van der Waals surface area contributed by atoms with Gasteiger partial charge < -0.3 is 14.7 Å². The largest absolute Gasteiger partial charge is 0.393 e. The normalized spacial score (nSPS) is 21.0. The van der Waals surface area contributed by atoms with Gasteiger partial charge in [0, 0.05) is 32.0 Å². The van der Waals surface area contributed by atoms with Crippen molar-refractivity contribution in [3.8, 4) is 0 Å². The molecule has 0 radical (unpaired) electrons. The maximum absolute atomic E-state index is 9.55. The molecule has 0 amide bonds. The minimum atomic E-state index is -0.265. The van der Waals surface area contributed by atoms with Crippen molar-refractivity contribution in [1.29, 1.82) is 0 Å². The van der Waals surface area contributed by atoms with Crippen molar-refractivity contribution in [1.82, 2.24) is 0 Å². The monoisotopic (exact) mass is 275 g/mol. The Morgan fingerprint density at radius 1 is 1.35 bits per heavy atom. The zero-order valence-corrected chi connectivity index (χ0v) is 12.3. The number of fused-ring (bicyclic) bond motifs is 1. The van der Waals surface area contributed by atoms with Crippen LogP contribution < -0.4 is 4.90 Å². The lowest BCUT2D eigenvalue weighted by Gasteiger charge is -2.29. The summed E-state index contributed by atoms with van der Waals surface area (Å²) in [4.78, 5) is 2.54. The summed E-state index contributed by atoms with van der Waals surface area (Å²) in [6.07, 6.45) is 4.03. The number of aliphatic hydroxyl groups excluding tert-OH is 1. The van der Waals surface area contributed by atoms with Gasteiger partial charge in [0.25, 0.3) is 0 Å². The Morgan fingerprint density at radius 3 is 2.90 bits per heavy atom. The summed E-state index contributed by atoms with van der Waals surface area (Å²) in [6.45, 7) is 6.01. The van der Waals surface area contributed by atoms with Gasteiger partial charge >= 0.3 is 0 Å². The van der Waals surface area contributed by atoms with E-state index in [4.69, 9.17) is 4.74 Å². The standard InChI is InChI=1S/C17H25NO2/c1-13(19)10-15-2-3-16-4-7-18(17(16)11-15)12-14-5-8-20-9-6-14/h2-3,11,13-14,19H,4-10,12H2,1H3. The summed E-state index contributed by atoms with van der Waals surface area (Å²) in [7, 11) is 0. The summed E-state index contributed by atoms with van der Waals surface area (Å²) >= 11 is 0. The maximum atomic E-state index is 9.55. The average molecular weight is 275 g/mol. The third-order valence-electron chi connectivity index (χ3n) is 4.49. The van der Waals surface area contributed by atoms with E-state index in [1.54, 1.807) is 0 Å². The SMILES string of the molecule is CC(O)Cc1ccc2c(c1)N(CC1CCOCC1)CC2. The van der Waals surface area contributed by atoms with Crippen molar-refractivity contribution < 1.29 is 9.84 Å². The second kappa shape index (κ2) is 6.15. The molecule has 1 fully saturated rings. The van der Waals surface area contributed by atoms with Gasteiger partial charge in [-0.3, -0.25) is 0 Å². The van der Waals surface area contributed by atoms with E-state index in [2.05, 4.69) is 23.1 Å². The predicted molar refractivity (Wildman–Crippen MR) is 81.3 cm³/mol. The zero-order chi connectivity index (χ0) is 13.9. The van der Waals surface area contributed by atoms with Gasteiger partial charge in [0.2, 0.25) is 0 Å². The Hall–Kier alpha value is -1.06. The fourth-order valence-corrected chi connectivity index (χ4v) is 3.39. The van der Waals surface area contributed by atoms with Gasteiger partial charge in [-0.25, -0.2) is 0 Å². The summed E-state index contributed by atoms with van der Waals surface area (Å²) < 4.78 is 5.45. The van der Waals surface area contributed by atoms with Crippen LogP contribution in [0.3, 0.4) is 0 Å². The van der Waals surface area contributed by atoms with Crippen molar-refractivity contribution in [3.63, 3.8) is 0 Å². The highest BCUT2D eigenvalue weighted by Gasteiger charge is 2.23. The van der Waals surface area contributed by atoms with Gasteiger partial charge in [-0.2, -0.15) is 0 Å². The number of hydrogen-bond donors (Lipinski definition) is 1. The molecule has 2 heterocycles. The first-order valence-corrected chi connectivity index (χ1v) is 7.85. The van der Waals surface area contributed by atoms with Gasteiger partial charge in [0.1, 0.15) is 0 Å². The van der Waals surface area contributed by atoms with E-state index in [1.165, 1.54) is 29.7 Å². The van der Waals surface area contributed by atoms with Gasteiger partial charge in [0.15, 0.2) is 0 Å². The van der Waals surface area contributed by atoms with Crippen LogP contribution in [0.15, 0.2) is 18.2 Å². The van der Waals surface area contributed by atoms with Crippen LogP contribution in [0.5, 0.6) is 0 Å². The Morgan fingerprint density at radius 2 is 2.15 bits per heavy atom. The summed E-state index contributed by atoms with van der Waals surface area (Å²) in [6, 6.07) is 6.70. The van der Waals surface area contributed by atoms with E-state index >= 15 is 0 Å². The molecular formula is C17H25NO2. The molecule has 110 valence electrons. The quantitative estimate of drug-likeness (QED) is 0.916. The van der Waals surface area contributed by atoms with Crippen LogP contribution in [0.2, 0.25) is 0 Å². The number of ether oxygens (including phenoxy) is 1. The molecule has 2 aliphatic heterocycles. The molecule has 0 aromatic heterocycles. The summed E-state index contributed by atoms with van der Waals surface area (Å²) in [5.74, 6) is 0.773. The molecule has 3 heteroatoms. The third kappa shape index (κ3) is 3.15. The zero-order valence-electron chi connectivity index (χ0n) is 12.3. The van der Waals surface area contributed by atoms with Crippen molar-refractivity contribution in [2.24, 2.45) is 5.92 Å². The fourth-order valence-electron chi connectivity index (χ4n) is 3.39. The smallest absolute Gasteiger partial charge is 0.0552 e. The first-order valence-electron chi connectivity index (χ1n) is 7.85. The number of anilines is 1. The number of rotatable bonds is 4. The van der Waals surface area contributed by atoms with Crippen LogP contribution in [0.1, 0.15) is 30.9 Å². The molecule has 3 nitrogen and oxygen atoms in total. The first-order chi connectivity index (χ1) is 9.72. The van der Waals surface area contributed by atoms with Crippen molar-refractivity contribution >= 4 is 5.69 Å². The second-order valence-corrected chi connectivity index (χ2v) is 6.27. The lowest BCUT2D eigenvalue weighted by Crippen LogP contribution is -2.31. The number of aliphatic hydroxyl groups is 1. The van der Waals surface area contributed by atoms with E-state index < -0.39 is 0 Å². The molecule has 1 aromatic rings. The first kappa shape index (κ1) is 13.9. The highest BCUT2D eigenvalue weighted by Crippen LogP contribution is 2.31. The van der Waals surface area contributed by atoms with E-state index in [0.29, 0.717) is 0 Å². The topological polar surface area (TPSA) is 32.7 Å². The van der Waals surface area contributed by atoms with E-state index in [-0.39, 0.29) is 6.10 Å². The van der Waals surface area contributed by atoms with E-state index in [0.717, 1.165) is 45.1 Å². The Balaban J connectivity index is 1.70. The molecule has 20 heavy (non-hydrogen) atoms. The molecule has 1 N–H and O–H groups in total. The van der Waals surface area contributed by atoms with E-state index in [9.17, 15) is 5.11 Å². The number of hydrogen-bond acceptors (Lipinski definition) is 3. The van der Waals surface area contributed by atoms with Crippen LogP contribution in [0.25, 0.3) is 0 Å². The molecular weight excluding hydrogens is 250 g/mol. The van der Waals surface area contributed by atoms with Crippen LogP contribution in [0.4, 0.5) is 5.69 Å². The Kier molecular flexibility index (Phi) is 4.27. The molecule has 0 saturated carbocycles. The molecule has 0 aliphatic carbocycles. The molecule has 0 spiro atoms. The van der Waals surface area contributed by atoms with E-state index in [1.807, 2.05) is 6.92 Å². The summed E-state index contributed by atoms with van der Waals surface area (Å²) in [5.41, 5.74) is 4.11. The predicted octanol–water partition coefficient (Wildman–Crippen LogP) is 2.40. The van der Waals surface area contributed by atoms with Gasteiger partial charge in [-0.05, 0) is 55.7 Å². The molecule has 2 aliphatic rings. The lowest BCUT2D eigenvalue weighted by molar-refractivity contribution is 0.0683. The van der Waals surface area contributed by atoms with Crippen LogP contribution in [-0.2, 0) is 17.6 Å². The third-order valence-corrected chi connectivity index (χ3v) is 4.49. The minimum Gasteiger partial charge on any atom is -0.393 e. The highest BCUT2D eigenvalue weighted by molar-refractivity contribution is 5.59. The highest BCUT2D eigenvalue weighted by atomic mass is 16.5. The van der Waals surface area contributed by atoms with Crippen molar-refractivity contribution in [3.05, 3.63) is 29.3 Å². The number of benzene rings is 1. The molecule has 1 saturated heterocycles. The Bertz CT molecular complexity index is 452. The van der Waals surface area contributed by atoms with Crippen LogP contribution in [0, 0.1) is 5.92 Å². The van der Waals surface area contributed by atoms with Gasteiger partial charge in [-0.1, -0.05) is 12.1 Å². The van der Waals surface area contributed by atoms with Crippen molar-refractivity contribution in [2.75, 3.05) is 31.2 Å². The van der Waals surface area contributed by atoms with Crippen molar-refractivity contribution in [2.45, 2.75) is 38.7 Å². The molecule has 1 atom stereocenters. The fraction of sp³-hybridized carbons (Fsp3) is 0.647. The van der Waals surface area contributed by atoms with Crippen LogP contribution >= 0.6 is 0 Å². The van der Waals surface area contributed by atoms with Crippen LogP contribution in [-0.4, -0.2) is 37.5 Å². The van der Waals surface area contributed by atoms with Gasteiger partial charge in [0.05, 0.1) is 6.10 Å². The lowest BCUT2D eigenvalue weighted by atomic mass is 9.99. The number of nitrogens with zero attached hydrogens (tertiary/aromatic N) is 1. The average Bonchev–Trinajstić information content (AvgIpc) is 2.82. The molecule has 1 unspecified atom stereocenters. The second-order valence-electron chi connectivity index (χ2n) is 6.27. The minimum absolute atomic E-state index is 0.265.